The number of methoxy groups -OCH3 is 1. The summed E-state index contributed by atoms with van der Waals surface area (Å²) in [5.41, 5.74) is 2.63. The summed E-state index contributed by atoms with van der Waals surface area (Å²) in [7, 11) is 1.66. The number of hydrogen-bond donors (Lipinski definition) is 1. The highest BCUT2D eigenvalue weighted by Crippen LogP contribution is 2.28. The third-order valence-electron chi connectivity index (χ3n) is 5.79. The Hall–Kier alpha value is -3.09. The van der Waals surface area contributed by atoms with E-state index in [-0.39, 0.29) is 11.8 Å². The number of rotatable bonds is 8. The first-order valence-electron chi connectivity index (χ1n) is 11.1. The number of carbonyl (C=O) groups excluding carboxylic acids is 1. The number of H-pyrrole nitrogens is 1. The van der Waals surface area contributed by atoms with Gasteiger partial charge >= 0.3 is 0 Å². The van der Waals surface area contributed by atoms with Gasteiger partial charge in [-0.2, -0.15) is 5.10 Å². The Morgan fingerprint density at radius 2 is 2.26 bits per heavy atom. The van der Waals surface area contributed by atoms with Crippen LogP contribution in [-0.4, -0.2) is 46.2 Å². The van der Waals surface area contributed by atoms with Gasteiger partial charge in [0.1, 0.15) is 17.2 Å². The number of likely N-dealkylation sites (tertiary alicyclic amines) is 1. The first-order chi connectivity index (χ1) is 15.2. The molecule has 0 radical (unpaired) electrons. The predicted molar refractivity (Wildman–Crippen MR) is 117 cm³/mol. The Kier molecular flexibility index (Phi) is 6.70. The maximum absolute atomic E-state index is 13.0. The molecule has 1 aliphatic heterocycles. The number of nitrogens with zero attached hydrogens (tertiary/aromatic N) is 3. The molecule has 1 amide bonds. The van der Waals surface area contributed by atoms with E-state index in [1.165, 1.54) is 0 Å². The van der Waals surface area contributed by atoms with Crippen molar-refractivity contribution in [1.82, 2.24) is 20.1 Å². The van der Waals surface area contributed by atoms with Crippen molar-refractivity contribution in [2.75, 3.05) is 20.2 Å². The van der Waals surface area contributed by atoms with Crippen LogP contribution in [0.5, 0.6) is 5.75 Å². The van der Waals surface area contributed by atoms with Gasteiger partial charge in [0.25, 0.3) is 5.91 Å². The molecule has 1 aliphatic rings. The van der Waals surface area contributed by atoms with Gasteiger partial charge in [0.05, 0.1) is 19.2 Å². The van der Waals surface area contributed by atoms with Crippen LogP contribution < -0.4 is 4.74 Å². The van der Waals surface area contributed by atoms with Crippen LogP contribution in [0.15, 0.2) is 40.9 Å². The molecule has 4 rings (SSSR count). The summed E-state index contributed by atoms with van der Waals surface area (Å²) in [4.78, 5) is 19.4. The van der Waals surface area contributed by atoms with Gasteiger partial charge < -0.3 is 14.1 Å². The zero-order valence-corrected chi connectivity index (χ0v) is 18.3. The zero-order valence-electron chi connectivity index (χ0n) is 18.3. The standard InChI is InChI=1S/C24H30N4O3/c1-3-4-9-19-14-22(27-26-19)24(29)28-11-6-8-18(16-28)23-25-15-21(31-23)13-17-7-5-10-20(12-17)30-2/h5,7,10,12,14-15,18H,3-4,6,8-9,11,13,16H2,1-2H3,(H,26,27)/t18-/m1/s1. The fraction of sp³-hybridized carbons (Fsp3) is 0.458. The van der Waals surface area contributed by atoms with Gasteiger partial charge in [-0.25, -0.2) is 4.98 Å². The van der Waals surface area contributed by atoms with E-state index in [4.69, 9.17) is 9.15 Å². The van der Waals surface area contributed by atoms with Gasteiger partial charge in [-0.15, -0.1) is 0 Å². The maximum atomic E-state index is 13.0. The smallest absolute Gasteiger partial charge is 0.274 e. The molecule has 1 saturated heterocycles. The van der Waals surface area contributed by atoms with Crippen molar-refractivity contribution in [2.24, 2.45) is 0 Å². The summed E-state index contributed by atoms with van der Waals surface area (Å²) in [6, 6.07) is 9.83. The average Bonchev–Trinajstić information content (AvgIpc) is 3.47. The van der Waals surface area contributed by atoms with E-state index < -0.39 is 0 Å². The van der Waals surface area contributed by atoms with E-state index in [0.717, 1.165) is 61.4 Å². The normalized spacial score (nSPS) is 16.5. The van der Waals surface area contributed by atoms with E-state index in [9.17, 15) is 4.79 Å². The highest BCUT2D eigenvalue weighted by molar-refractivity contribution is 5.92. The second-order valence-corrected chi connectivity index (χ2v) is 8.17. The van der Waals surface area contributed by atoms with Gasteiger partial charge in [0.15, 0.2) is 5.89 Å². The molecule has 0 saturated carbocycles. The molecule has 1 fully saturated rings. The molecule has 0 unspecified atom stereocenters. The Bertz CT molecular complexity index is 1010. The van der Waals surface area contributed by atoms with Crippen LogP contribution in [0, 0.1) is 0 Å². The van der Waals surface area contributed by atoms with Crippen LogP contribution in [0.4, 0.5) is 0 Å². The second-order valence-electron chi connectivity index (χ2n) is 8.17. The Balaban J connectivity index is 1.39. The lowest BCUT2D eigenvalue weighted by Gasteiger charge is -2.30. The number of benzene rings is 1. The molecule has 164 valence electrons. The number of carbonyl (C=O) groups is 1. The number of ether oxygens (including phenoxy) is 1. The van der Waals surface area contributed by atoms with Crippen molar-refractivity contribution in [1.29, 1.82) is 0 Å². The number of aromatic nitrogens is 3. The third kappa shape index (κ3) is 5.16. The van der Waals surface area contributed by atoms with Gasteiger partial charge in [-0.05, 0) is 49.4 Å². The Labute approximate surface area is 182 Å². The lowest BCUT2D eigenvalue weighted by molar-refractivity contribution is 0.0692. The van der Waals surface area contributed by atoms with Crippen LogP contribution in [0.3, 0.4) is 0 Å². The molecule has 1 aromatic carbocycles. The third-order valence-corrected chi connectivity index (χ3v) is 5.79. The molecule has 3 heterocycles. The van der Waals surface area contributed by atoms with Crippen molar-refractivity contribution >= 4 is 5.91 Å². The first-order valence-corrected chi connectivity index (χ1v) is 11.1. The van der Waals surface area contributed by atoms with E-state index in [1.807, 2.05) is 35.2 Å². The number of aryl methyl sites for hydroxylation is 1. The van der Waals surface area contributed by atoms with Crippen LogP contribution in [0.25, 0.3) is 0 Å². The quantitative estimate of drug-likeness (QED) is 0.583. The minimum absolute atomic E-state index is 0.0214. The van der Waals surface area contributed by atoms with E-state index in [2.05, 4.69) is 22.1 Å². The zero-order chi connectivity index (χ0) is 21.6. The number of unbranched alkanes of at least 4 members (excludes halogenated alkanes) is 1. The molecular weight excluding hydrogens is 392 g/mol. The van der Waals surface area contributed by atoms with Crippen molar-refractivity contribution < 1.29 is 13.9 Å². The highest BCUT2D eigenvalue weighted by atomic mass is 16.5. The number of nitrogens with one attached hydrogen (secondary N) is 1. The predicted octanol–water partition coefficient (Wildman–Crippen LogP) is 4.36. The van der Waals surface area contributed by atoms with Crippen molar-refractivity contribution in [3.63, 3.8) is 0 Å². The van der Waals surface area contributed by atoms with E-state index in [1.54, 1.807) is 13.3 Å². The summed E-state index contributed by atoms with van der Waals surface area (Å²) < 4.78 is 11.4. The molecule has 0 aliphatic carbocycles. The van der Waals surface area contributed by atoms with Crippen LogP contribution in [0.2, 0.25) is 0 Å². The monoisotopic (exact) mass is 422 g/mol. The fourth-order valence-corrected chi connectivity index (χ4v) is 4.07. The molecule has 0 spiro atoms. The van der Waals surface area contributed by atoms with Gasteiger partial charge in [-0.1, -0.05) is 25.5 Å². The summed E-state index contributed by atoms with van der Waals surface area (Å²) in [5, 5.41) is 7.24. The molecule has 3 aromatic rings. The highest BCUT2D eigenvalue weighted by Gasteiger charge is 2.29. The minimum Gasteiger partial charge on any atom is -0.497 e. The number of aromatic amines is 1. The lowest BCUT2D eigenvalue weighted by atomic mass is 9.97. The summed E-state index contributed by atoms with van der Waals surface area (Å²) in [6.07, 6.45) is 7.47. The molecule has 0 bridgehead atoms. The van der Waals surface area contributed by atoms with Gasteiger partial charge in [0.2, 0.25) is 0 Å². The summed E-state index contributed by atoms with van der Waals surface area (Å²) in [6.45, 7) is 3.50. The summed E-state index contributed by atoms with van der Waals surface area (Å²) >= 11 is 0. The second kappa shape index (κ2) is 9.81. The Morgan fingerprint density at radius 3 is 3.10 bits per heavy atom. The van der Waals surface area contributed by atoms with Crippen LogP contribution in [-0.2, 0) is 12.8 Å². The first kappa shape index (κ1) is 21.2. The molecule has 7 heteroatoms. The number of hydrogen-bond acceptors (Lipinski definition) is 5. The average molecular weight is 423 g/mol. The largest absolute Gasteiger partial charge is 0.497 e. The van der Waals surface area contributed by atoms with E-state index in [0.29, 0.717) is 24.6 Å². The van der Waals surface area contributed by atoms with Gasteiger partial charge in [-0.3, -0.25) is 9.89 Å². The SMILES string of the molecule is CCCCc1cc(C(=O)N2CCC[C@@H](c3ncc(Cc4cccc(OC)c4)o3)C2)n[nH]1. The number of piperidine rings is 1. The Morgan fingerprint density at radius 1 is 1.35 bits per heavy atom. The van der Waals surface area contributed by atoms with Gasteiger partial charge in [0, 0.05) is 25.2 Å². The number of oxazole rings is 1. The molecule has 2 aromatic heterocycles. The van der Waals surface area contributed by atoms with Crippen LogP contribution in [0.1, 0.15) is 71.9 Å². The van der Waals surface area contributed by atoms with Crippen LogP contribution >= 0.6 is 0 Å². The molecular formula is C24H30N4O3. The lowest BCUT2D eigenvalue weighted by Crippen LogP contribution is -2.39. The fourth-order valence-electron chi connectivity index (χ4n) is 4.07. The molecule has 7 nitrogen and oxygen atoms in total. The molecule has 1 N–H and O–H groups in total. The number of amides is 1. The minimum atomic E-state index is -0.0214. The van der Waals surface area contributed by atoms with Crippen molar-refractivity contribution in [2.45, 2.75) is 51.4 Å². The van der Waals surface area contributed by atoms with E-state index >= 15 is 0 Å². The molecule has 1 atom stereocenters. The van der Waals surface area contributed by atoms with Crippen molar-refractivity contribution in [3.05, 3.63) is 65.1 Å². The summed E-state index contributed by atoms with van der Waals surface area (Å²) in [5.74, 6) is 2.44. The van der Waals surface area contributed by atoms with Crippen molar-refractivity contribution in [3.8, 4) is 5.75 Å². The topological polar surface area (TPSA) is 84.2 Å². The maximum Gasteiger partial charge on any atom is 0.274 e. The molecule has 31 heavy (non-hydrogen) atoms.